The molecule has 1 aromatic heterocycles. The topological polar surface area (TPSA) is 69.6 Å². The zero-order valence-corrected chi connectivity index (χ0v) is 13.4. The van der Waals surface area contributed by atoms with Crippen molar-refractivity contribution in [1.82, 2.24) is 20.2 Å². The van der Waals surface area contributed by atoms with E-state index >= 15 is 0 Å². The number of halogens is 2. The smallest absolute Gasteiger partial charge is 0.187 e. The fourth-order valence-electron chi connectivity index (χ4n) is 2.07. The van der Waals surface area contributed by atoms with Crippen LogP contribution in [0.4, 0.5) is 5.69 Å². The molecule has 0 aliphatic heterocycles. The van der Waals surface area contributed by atoms with Gasteiger partial charge in [0.1, 0.15) is 0 Å². The Kier molecular flexibility index (Phi) is 3.65. The lowest BCUT2D eigenvalue weighted by molar-refractivity contribution is 0.791. The summed E-state index contributed by atoms with van der Waals surface area (Å²) >= 11 is 9.48. The zero-order valence-electron chi connectivity index (χ0n) is 11.1. The van der Waals surface area contributed by atoms with Crippen molar-refractivity contribution in [3.8, 4) is 17.1 Å². The molecular formula is C14H11BrClN5. The lowest BCUT2D eigenvalue weighted by atomic mass is 10.1. The van der Waals surface area contributed by atoms with E-state index in [1.54, 1.807) is 16.8 Å². The molecule has 5 nitrogen and oxygen atoms in total. The van der Waals surface area contributed by atoms with Crippen molar-refractivity contribution in [2.45, 2.75) is 6.92 Å². The number of benzene rings is 2. The molecule has 3 rings (SSSR count). The molecule has 21 heavy (non-hydrogen) atoms. The van der Waals surface area contributed by atoms with Crippen LogP contribution in [0.3, 0.4) is 0 Å². The number of nitrogens with zero attached hydrogens (tertiary/aromatic N) is 4. The number of nitrogens with two attached hydrogens (primary N) is 1. The van der Waals surface area contributed by atoms with Gasteiger partial charge >= 0.3 is 0 Å². The maximum atomic E-state index is 6.03. The van der Waals surface area contributed by atoms with Crippen molar-refractivity contribution in [1.29, 1.82) is 0 Å². The Morgan fingerprint density at radius 3 is 2.81 bits per heavy atom. The summed E-state index contributed by atoms with van der Waals surface area (Å²) < 4.78 is 2.52. The van der Waals surface area contributed by atoms with Crippen LogP contribution in [0.1, 0.15) is 5.56 Å². The molecule has 106 valence electrons. The van der Waals surface area contributed by atoms with Gasteiger partial charge in [-0.25, -0.2) is 0 Å². The second-order valence-electron chi connectivity index (χ2n) is 4.56. The van der Waals surface area contributed by atoms with E-state index in [4.69, 9.17) is 17.3 Å². The van der Waals surface area contributed by atoms with Crippen LogP contribution in [-0.2, 0) is 0 Å². The molecule has 7 heteroatoms. The Bertz CT molecular complexity index is 815. The number of rotatable bonds is 2. The van der Waals surface area contributed by atoms with Crippen molar-refractivity contribution < 1.29 is 0 Å². The molecule has 0 unspecified atom stereocenters. The molecule has 0 fully saturated rings. The van der Waals surface area contributed by atoms with Crippen LogP contribution in [0.2, 0.25) is 5.02 Å². The first-order valence-electron chi connectivity index (χ1n) is 6.16. The van der Waals surface area contributed by atoms with Crippen LogP contribution < -0.4 is 5.73 Å². The van der Waals surface area contributed by atoms with E-state index in [9.17, 15) is 0 Å². The van der Waals surface area contributed by atoms with Crippen LogP contribution >= 0.6 is 27.5 Å². The number of nitrogen functional groups attached to an aromatic ring is 1. The maximum Gasteiger partial charge on any atom is 0.187 e. The quantitative estimate of drug-likeness (QED) is 0.705. The molecular weight excluding hydrogens is 354 g/mol. The zero-order chi connectivity index (χ0) is 15.0. The van der Waals surface area contributed by atoms with Gasteiger partial charge in [-0.1, -0.05) is 33.6 Å². The minimum absolute atomic E-state index is 0.614. The van der Waals surface area contributed by atoms with Crippen LogP contribution in [-0.4, -0.2) is 20.2 Å². The fourth-order valence-corrected chi connectivity index (χ4v) is 2.73. The summed E-state index contributed by atoms with van der Waals surface area (Å²) in [5.41, 5.74) is 9.28. The summed E-state index contributed by atoms with van der Waals surface area (Å²) in [4.78, 5) is 0. The van der Waals surface area contributed by atoms with E-state index in [-0.39, 0.29) is 0 Å². The molecule has 0 aliphatic rings. The molecule has 0 radical (unpaired) electrons. The van der Waals surface area contributed by atoms with Gasteiger partial charge in [-0.3, -0.25) is 0 Å². The summed E-state index contributed by atoms with van der Waals surface area (Å²) in [5.74, 6) is 0.614. The molecule has 0 aliphatic carbocycles. The highest BCUT2D eigenvalue weighted by molar-refractivity contribution is 9.10. The first-order chi connectivity index (χ1) is 10.1. The largest absolute Gasteiger partial charge is 0.398 e. The first-order valence-corrected chi connectivity index (χ1v) is 7.33. The lowest BCUT2D eigenvalue weighted by Crippen LogP contribution is -2.02. The number of tetrazole rings is 1. The molecule has 0 saturated carbocycles. The lowest BCUT2D eigenvalue weighted by Gasteiger charge is -2.10. The standard InChI is InChI=1S/C14H11BrClN5/c1-8-12(5-9(15)6-13(8)17)14-18-19-20-21(14)11-4-2-3-10(16)7-11/h2-7H,17H2,1H3. The molecule has 0 bridgehead atoms. The highest BCUT2D eigenvalue weighted by atomic mass is 79.9. The Balaban J connectivity index is 2.20. The molecule has 1 heterocycles. The number of aromatic nitrogens is 4. The van der Waals surface area contributed by atoms with Gasteiger partial charge in [0.05, 0.1) is 5.69 Å². The minimum Gasteiger partial charge on any atom is -0.398 e. The second kappa shape index (κ2) is 5.46. The highest BCUT2D eigenvalue weighted by Gasteiger charge is 2.15. The van der Waals surface area contributed by atoms with Gasteiger partial charge in [-0.05, 0) is 53.2 Å². The number of hydrogen-bond donors (Lipinski definition) is 1. The van der Waals surface area contributed by atoms with Crippen LogP contribution in [0.5, 0.6) is 0 Å². The molecule has 0 atom stereocenters. The van der Waals surface area contributed by atoms with E-state index in [1.807, 2.05) is 31.2 Å². The average molecular weight is 365 g/mol. The van der Waals surface area contributed by atoms with Crippen molar-refractivity contribution in [3.63, 3.8) is 0 Å². The molecule has 0 amide bonds. The third kappa shape index (κ3) is 2.64. The van der Waals surface area contributed by atoms with E-state index in [1.165, 1.54) is 0 Å². The van der Waals surface area contributed by atoms with Gasteiger partial charge in [0.15, 0.2) is 5.82 Å². The summed E-state index contributed by atoms with van der Waals surface area (Å²) in [6.45, 7) is 1.94. The SMILES string of the molecule is Cc1c(N)cc(Br)cc1-c1nnnn1-c1cccc(Cl)c1. The summed E-state index contributed by atoms with van der Waals surface area (Å²) in [6.07, 6.45) is 0. The van der Waals surface area contributed by atoms with Gasteiger partial charge in [0.25, 0.3) is 0 Å². The van der Waals surface area contributed by atoms with Gasteiger partial charge in [-0.2, -0.15) is 4.68 Å². The summed E-state index contributed by atoms with van der Waals surface area (Å²) in [6, 6.07) is 11.1. The predicted octanol–water partition coefficient (Wildman–Crippen LogP) is 3.64. The van der Waals surface area contributed by atoms with Gasteiger partial charge in [0.2, 0.25) is 0 Å². The summed E-state index contributed by atoms with van der Waals surface area (Å²) in [5, 5.41) is 12.6. The average Bonchev–Trinajstić information content (AvgIpc) is 2.92. The number of hydrogen-bond acceptors (Lipinski definition) is 4. The minimum atomic E-state index is 0.614. The second-order valence-corrected chi connectivity index (χ2v) is 5.91. The van der Waals surface area contributed by atoms with Gasteiger partial charge in [0, 0.05) is 20.7 Å². The predicted molar refractivity (Wildman–Crippen MR) is 86.4 cm³/mol. The van der Waals surface area contributed by atoms with E-state index in [0.717, 1.165) is 21.3 Å². The Morgan fingerprint density at radius 1 is 1.24 bits per heavy atom. The summed E-state index contributed by atoms with van der Waals surface area (Å²) in [7, 11) is 0. The van der Waals surface area contributed by atoms with E-state index < -0.39 is 0 Å². The highest BCUT2D eigenvalue weighted by Crippen LogP contribution is 2.30. The molecule has 2 aromatic carbocycles. The molecule has 2 N–H and O–H groups in total. The Hall–Kier alpha value is -1.92. The third-order valence-corrected chi connectivity index (χ3v) is 3.87. The van der Waals surface area contributed by atoms with Crippen molar-refractivity contribution >= 4 is 33.2 Å². The van der Waals surface area contributed by atoms with E-state index in [2.05, 4.69) is 31.5 Å². The first kappa shape index (κ1) is 14.0. The van der Waals surface area contributed by atoms with Crippen molar-refractivity contribution in [3.05, 3.63) is 51.5 Å². The van der Waals surface area contributed by atoms with Crippen LogP contribution in [0, 0.1) is 6.92 Å². The Morgan fingerprint density at radius 2 is 2.05 bits per heavy atom. The molecule has 0 spiro atoms. The monoisotopic (exact) mass is 363 g/mol. The van der Waals surface area contributed by atoms with Crippen LogP contribution in [0.25, 0.3) is 17.1 Å². The van der Waals surface area contributed by atoms with Crippen molar-refractivity contribution in [2.24, 2.45) is 0 Å². The molecule has 0 saturated heterocycles. The normalized spacial score (nSPS) is 10.8. The maximum absolute atomic E-state index is 6.03. The number of anilines is 1. The van der Waals surface area contributed by atoms with E-state index in [0.29, 0.717) is 16.5 Å². The third-order valence-electron chi connectivity index (χ3n) is 3.18. The van der Waals surface area contributed by atoms with Gasteiger partial charge in [-0.15, -0.1) is 5.10 Å². The van der Waals surface area contributed by atoms with Gasteiger partial charge < -0.3 is 5.73 Å². The molecule has 3 aromatic rings. The van der Waals surface area contributed by atoms with Crippen molar-refractivity contribution in [2.75, 3.05) is 5.73 Å². The fraction of sp³-hybridized carbons (Fsp3) is 0.0714. The van der Waals surface area contributed by atoms with Crippen LogP contribution in [0.15, 0.2) is 40.9 Å². The Labute approximate surface area is 134 Å².